The van der Waals surface area contributed by atoms with Crippen LogP contribution in [0.4, 0.5) is 5.69 Å². The summed E-state index contributed by atoms with van der Waals surface area (Å²) in [4.78, 5) is 33.4. The predicted octanol–water partition coefficient (Wildman–Crippen LogP) is 2.34. The van der Waals surface area contributed by atoms with Crippen molar-refractivity contribution in [3.63, 3.8) is 0 Å². The van der Waals surface area contributed by atoms with Crippen molar-refractivity contribution < 1.29 is 9.59 Å². The number of nitrogens with one attached hydrogen (secondary N) is 1. The van der Waals surface area contributed by atoms with Crippen LogP contribution < -0.4 is 5.32 Å². The molecule has 0 aliphatic carbocycles. The van der Waals surface area contributed by atoms with Gasteiger partial charge in [-0.2, -0.15) is 0 Å². The molecule has 0 unspecified atom stereocenters. The third-order valence-electron chi connectivity index (χ3n) is 4.67. The first kappa shape index (κ1) is 18.1. The molecule has 6 nitrogen and oxygen atoms in total. The van der Waals surface area contributed by atoms with E-state index in [0.717, 1.165) is 29.9 Å². The Balaban J connectivity index is 1.75. The molecule has 0 spiro atoms. The van der Waals surface area contributed by atoms with E-state index in [-0.39, 0.29) is 11.8 Å². The molecule has 1 saturated heterocycles. The number of amides is 2. The third-order valence-corrected chi connectivity index (χ3v) is 4.67. The number of pyridine rings is 1. The molecule has 0 radical (unpaired) electrons. The van der Waals surface area contributed by atoms with Crippen LogP contribution in [0, 0.1) is 13.8 Å². The summed E-state index contributed by atoms with van der Waals surface area (Å²) in [6.07, 6.45) is 1.52. The first-order valence-electron chi connectivity index (χ1n) is 8.76. The zero-order valence-corrected chi connectivity index (χ0v) is 15.5. The number of piperazine rings is 1. The van der Waals surface area contributed by atoms with Gasteiger partial charge in [-0.3, -0.25) is 14.6 Å². The van der Waals surface area contributed by atoms with Gasteiger partial charge >= 0.3 is 0 Å². The second kappa shape index (κ2) is 7.66. The van der Waals surface area contributed by atoms with Crippen LogP contribution in [-0.2, 0) is 0 Å². The zero-order valence-electron chi connectivity index (χ0n) is 15.5. The highest BCUT2D eigenvalue weighted by atomic mass is 16.2. The quantitative estimate of drug-likeness (QED) is 0.921. The summed E-state index contributed by atoms with van der Waals surface area (Å²) in [7, 11) is 2.04. The Kier molecular flexibility index (Phi) is 5.32. The van der Waals surface area contributed by atoms with Crippen LogP contribution in [0.2, 0.25) is 0 Å². The number of hydrogen-bond donors (Lipinski definition) is 1. The van der Waals surface area contributed by atoms with Gasteiger partial charge in [-0.15, -0.1) is 0 Å². The highest BCUT2D eigenvalue weighted by molar-refractivity contribution is 6.06. The summed E-state index contributed by atoms with van der Waals surface area (Å²) in [6.45, 7) is 6.97. The normalized spacial score (nSPS) is 15.0. The lowest BCUT2D eigenvalue weighted by atomic mass is 10.1. The van der Waals surface area contributed by atoms with Crippen molar-refractivity contribution in [1.29, 1.82) is 0 Å². The lowest BCUT2D eigenvalue weighted by Gasteiger charge is -2.32. The molecule has 1 N–H and O–H groups in total. The van der Waals surface area contributed by atoms with E-state index >= 15 is 0 Å². The summed E-state index contributed by atoms with van der Waals surface area (Å²) >= 11 is 0. The van der Waals surface area contributed by atoms with Gasteiger partial charge in [-0.25, -0.2) is 0 Å². The summed E-state index contributed by atoms with van der Waals surface area (Å²) in [6, 6.07) is 9.11. The number of aromatic nitrogens is 1. The standard InChI is InChI=1S/C20H24N4O2/c1-14-4-5-15(2)17(12-14)22-19(25)16-6-7-21-18(13-16)20(26)24-10-8-23(3)9-11-24/h4-7,12-13H,8-11H2,1-3H3,(H,22,25). The molecule has 2 heterocycles. The smallest absolute Gasteiger partial charge is 0.272 e. The minimum absolute atomic E-state index is 0.125. The molecule has 1 fully saturated rings. The van der Waals surface area contributed by atoms with E-state index in [4.69, 9.17) is 0 Å². The molecule has 1 aliphatic heterocycles. The van der Waals surface area contributed by atoms with Crippen molar-refractivity contribution in [3.05, 3.63) is 58.9 Å². The molecular formula is C20H24N4O2. The Morgan fingerprint density at radius 1 is 1.04 bits per heavy atom. The van der Waals surface area contributed by atoms with E-state index in [1.807, 2.05) is 39.1 Å². The number of likely N-dealkylation sites (N-methyl/N-ethyl adjacent to an activating group) is 1. The lowest BCUT2D eigenvalue weighted by molar-refractivity contribution is 0.0658. The van der Waals surface area contributed by atoms with E-state index in [9.17, 15) is 9.59 Å². The Morgan fingerprint density at radius 2 is 1.77 bits per heavy atom. The number of anilines is 1. The van der Waals surface area contributed by atoms with Crippen molar-refractivity contribution in [2.75, 3.05) is 38.5 Å². The molecule has 2 amide bonds. The van der Waals surface area contributed by atoms with Gasteiger partial charge in [0.1, 0.15) is 5.69 Å². The third kappa shape index (κ3) is 4.08. The Labute approximate surface area is 153 Å². The van der Waals surface area contributed by atoms with Crippen LogP contribution >= 0.6 is 0 Å². The minimum Gasteiger partial charge on any atom is -0.335 e. The fourth-order valence-electron chi connectivity index (χ4n) is 2.93. The molecular weight excluding hydrogens is 328 g/mol. The minimum atomic E-state index is -0.242. The molecule has 1 aromatic carbocycles. The van der Waals surface area contributed by atoms with Crippen molar-refractivity contribution in [3.8, 4) is 0 Å². The van der Waals surface area contributed by atoms with Gasteiger partial charge < -0.3 is 15.1 Å². The molecule has 1 aliphatic rings. The van der Waals surface area contributed by atoms with Gasteiger partial charge in [0, 0.05) is 43.6 Å². The molecule has 1 aromatic heterocycles. The second-order valence-corrected chi connectivity index (χ2v) is 6.80. The van der Waals surface area contributed by atoms with Gasteiger partial charge in [0.2, 0.25) is 0 Å². The maximum absolute atomic E-state index is 12.7. The molecule has 0 saturated carbocycles. The maximum Gasteiger partial charge on any atom is 0.272 e. The van der Waals surface area contributed by atoms with Gasteiger partial charge in [0.05, 0.1) is 0 Å². The fourth-order valence-corrected chi connectivity index (χ4v) is 2.93. The highest BCUT2D eigenvalue weighted by Gasteiger charge is 2.22. The maximum atomic E-state index is 12.7. The van der Waals surface area contributed by atoms with Gasteiger partial charge in [-0.05, 0) is 50.2 Å². The number of carbonyl (C=O) groups excluding carboxylic acids is 2. The fraction of sp³-hybridized carbons (Fsp3) is 0.350. The van der Waals surface area contributed by atoms with Crippen LogP contribution in [0.25, 0.3) is 0 Å². The zero-order chi connectivity index (χ0) is 18.7. The topological polar surface area (TPSA) is 65.5 Å². The number of rotatable bonds is 3. The first-order chi connectivity index (χ1) is 12.4. The molecule has 6 heteroatoms. The molecule has 2 aromatic rings. The Morgan fingerprint density at radius 3 is 2.50 bits per heavy atom. The number of carbonyl (C=O) groups is 2. The summed E-state index contributed by atoms with van der Waals surface area (Å²) < 4.78 is 0. The van der Waals surface area contributed by atoms with Crippen molar-refractivity contribution in [2.24, 2.45) is 0 Å². The van der Waals surface area contributed by atoms with E-state index in [2.05, 4.69) is 15.2 Å². The SMILES string of the molecule is Cc1ccc(C)c(NC(=O)c2ccnc(C(=O)N3CCN(C)CC3)c2)c1. The molecule has 3 rings (SSSR count). The van der Waals surface area contributed by atoms with Crippen LogP contribution in [0.1, 0.15) is 32.0 Å². The van der Waals surface area contributed by atoms with Crippen LogP contribution in [0.15, 0.2) is 36.5 Å². The van der Waals surface area contributed by atoms with Gasteiger partial charge in [0.25, 0.3) is 11.8 Å². The Bertz CT molecular complexity index is 826. The average Bonchev–Trinajstić information content (AvgIpc) is 2.65. The van der Waals surface area contributed by atoms with E-state index in [1.54, 1.807) is 17.0 Å². The van der Waals surface area contributed by atoms with E-state index < -0.39 is 0 Å². The summed E-state index contributed by atoms with van der Waals surface area (Å²) in [5.41, 5.74) is 3.58. The van der Waals surface area contributed by atoms with Crippen molar-refractivity contribution in [2.45, 2.75) is 13.8 Å². The van der Waals surface area contributed by atoms with Crippen molar-refractivity contribution in [1.82, 2.24) is 14.8 Å². The lowest BCUT2D eigenvalue weighted by Crippen LogP contribution is -2.47. The largest absolute Gasteiger partial charge is 0.335 e. The number of benzene rings is 1. The monoisotopic (exact) mass is 352 g/mol. The van der Waals surface area contributed by atoms with Gasteiger partial charge in [0.15, 0.2) is 0 Å². The summed E-state index contributed by atoms with van der Waals surface area (Å²) in [5.74, 6) is -0.368. The predicted molar refractivity (Wildman–Crippen MR) is 102 cm³/mol. The molecule has 0 bridgehead atoms. The molecule has 0 atom stereocenters. The number of aryl methyl sites for hydroxylation is 2. The van der Waals surface area contributed by atoms with Gasteiger partial charge in [-0.1, -0.05) is 12.1 Å². The van der Waals surface area contributed by atoms with Crippen LogP contribution in [0.5, 0.6) is 0 Å². The number of hydrogen-bond acceptors (Lipinski definition) is 4. The molecule has 26 heavy (non-hydrogen) atoms. The van der Waals surface area contributed by atoms with E-state index in [1.165, 1.54) is 6.20 Å². The van der Waals surface area contributed by atoms with Crippen molar-refractivity contribution >= 4 is 17.5 Å². The second-order valence-electron chi connectivity index (χ2n) is 6.80. The van der Waals surface area contributed by atoms with Crippen LogP contribution in [-0.4, -0.2) is 59.8 Å². The molecule has 136 valence electrons. The first-order valence-corrected chi connectivity index (χ1v) is 8.76. The van der Waals surface area contributed by atoms with E-state index in [0.29, 0.717) is 24.3 Å². The number of nitrogens with zero attached hydrogens (tertiary/aromatic N) is 3. The summed E-state index contributed by atoms with van der Waals surface area (Å²) in [5, 5.41) is 2.92. The highest BCUT2D eigenvalue weighted by Crippen LogP contribution is 2.18. The Hall–Kier alpha value is -2.73. The average molecular weight is 352 g/mol. The van der Waals surface area contributed by atoms with Crippen LogP contribution in [0.3, 0.4) is 0 Å².